The predicted octanol–water partition coefficient (Wildman–Crippen LogP) is 2.10. The van der Waals surface area contributed by atoms with Gasteiger partial charge in [0.1, 0.15) is 5.60 Å². The van der Waals surface area contributed by atoms with E-state index in [1.165, 1.54) is 10.9 Å². The van der Waals surface area contributed by atoms with Gasteiger partial charge in [-0.05, 0) is 20.8 Å². The summed E-state index contributed by atoms with van der Waals surface area (Å²) in [6, 6.07) is 0. The molecule has 1 aliphatic rings. The van der Waals surface area contributed by atoms with E-state index in [0.29, 0.717) is 19.6 Å². The van der Waals surface area contributed by atoms with Crippen LogP contribution in [0.1, 0.15) is 31.3 Å². The number of halogens is 1. The molecule has 1 fully saturated rings. The topological polar surface area (TPSA) is 84.7 Å². The lowest BCUT2D eigenvalue weighted by atomic mass is 10.0. The average molecular weight is 316 g/mol. The number of carboxylic acid groups (broad SMARTS) is 1. The first kappa shape index (κ1) is 15.6. The lowest BCUT2D eigenvalue weighted by Crippen LogP contribution is -2.53. The van der Waals surface area contributed by atoms with E-state index in [4.69, 9.17) is 21.4 Å². The van der Waals surface area contributed by atoms with Gasteiger partial charge in [-0.3, -0.25) is 4.68 Å². The third kappa shape index (κ3) is 3.66. The largest absolute Gasteiger partial charge is 0.476 e. The molecule has 8 heteroatoms. The first-order valence-electron chi connectivity index (χ1n) is 6.60. The number of carbonyl (C=O) groups is 2. The minimum Gasteiger partial charge on any atom is -0.476 e. The Bertz CT molecular complexity index is 558. The Balaban J connectivity index is 1.89. The molecular weight excluding hydrogens is 298 g/mol. The zero-order valence-electron chi connectivity index (χ0n) is 12.2. The summed E-state index contributed by atoms with van der Waals surface area (Å²) in [5.74, 6) is -0.965. The molecule has 0 atom stereocenters. The third-order valence-electron chi connectivity index (χ3n) is 3.04. The second-order valence-corrected chi connectivity index (χ2v) is 6.49. The number of carboxylic acids is 1. The van der Waals surface area contributed by atoms with Crippen molar-refractivity contribution in [3.8, 4) is 0 Å². The van der Waals surface area contributed by atoms with Crippen molar-refractivity contribution in [2.45, 2.75) is 32.9 Å². The number of nitrogens with zero attached hydrogens (tertiary/aromatic N) is 3. The van der Waals surface area contributed by atoms with Crippen LogP contribution < -0.4 is 0 Å². The Labute approximate surface area is 127 Å². The fourth-order valence-electron chi connectivity index (χ4n) is 2.12. The van der Waals surface area contributed by atoms with Crippen LogP contribution in [0.2, 0.25) is 5.02 Å². The van der Waals surface area contributed by atoms with Crippen LogP contribution in [0.15, 0.2) is 6.20 Å². The lowest BCUT2D eigenvalue weighted by molar-refractivity contribution is -0.00409. The van der Waals surface area contributed by atoms with Crippen LogP contribution in [-0.4, -0.2) is 50.5 Å². The summed E-state index contributed by atoms with van der Waals surface area (Å²) < 4.78 is 6.62. The number of amides is 1. The third-order valence-corrected chi connectivity index (χ3v) is 3.31. The highest BCUT2D eigenvalue weighted by atomic mass is 35.5. The number of aromatic carboxylic acids is 1. The number of rotatable bonds is 3. The molecule has 2 rings (SSSR count). The predicted molar refractivity (Wildman–Crippen MR) is 75.5 cm³/mol. The van der Waals surface area contributed by atoms with Crippen molar-refractivity contribution in [3.63, 3.8) is 0 Å². The van der Waals surface area contributed by atoms with E-state index in [2.05, 4.69) is 5.10 Å². The molecule has 0 bridgehead atoms. The van der Waals surface area contributed by atoms with Gasteiger partial charge in [0.2, 0.25) is 0 Å². The molecule has 0 unspecified atom stereocenters. The zero-order valence-corrected chi connectivity index (χ0v) is 12.9. The number of ether oxygens (including phenoxy) is 1. The van der Waals surface area contributed by atoms with E-state index < -0.39 is 11.6 Å². The standard InChI is InChI=1S/C13H18ClN3O4/c1-13(2,3)21-12(20)16-5-8(6-16)7-17-10(11(18)19)9(14)4-15-17/h4,8H,5-7H2,1-3H3,(H,18,19). The first-order valence-corrected chi connectivity index (χ1v) is 6.97. The Morgan fingerprint density at radius 2 is 2.10 bits per heavy atom. The van der Waals surface area contributed by atoms with Crippen LogP contribution in [0.4, 0.5) is 4.79 Å². The van der Waals surface area contributed by atoms with Crippen molar-refractivity contribution in [2.75, 3.05) is 13.1 Å². The Hall–Kier alpha value is -1.76. The molecule has 1 aromatic heterocycles. The molecule has 2 heterocycles. The molecule has 0 radical (unpaired) electrons. The van der Waals surface area contributed by atoms with Gasteiger partial charge in [0, 0.05) is 25.6 Å². The van der Waals surface area contributed by atoms with E-state index in [1.807, 2.05) is 20.8 Å². The molecule has 1 saturated heterocycles. The summed E-state index contributed by atoms with van der Waals surface area (Å²) in [5, 5.41) is 13.2. The van der Waals surface area contributed by atoms with Gasteiger partial charge >= 0.3 is 12.1 Å². The number of hydrogen-bond acceptors (Lipinski definition) is 4. The highest BCUT2D eigenvalue weighted by Gasteiger charge is 2.34. The second-order valence-electron chi connectivity index (χ2n) is 6.08. The van der Waals surface area contributed by atoms with Crippen molar-refractivity contribution in [3.05, 3.63) is 16.9 Å². The average Bonchev–Trinajstić information content (AvgIpc) is 2.61. The van der Waals surface area contributed by atoms with Gasteiger partial charge in [0.15, 0.2) is 5.69 Å². The van der Waals surface area contributed by atoms with Crippen molar-refractivity contribution < 1.29 is 19.4 Å². The van der Waals surface area contributed by atoms with Gasteiger partial charge in [0.05, 0.1) is 11.2 Å². The van der Waals surface area contributed by atoms with Gasteiger partial charge < -0.3 is 14.7 Å². The minimum atomic E-state index is -1.11. The van der Waals surface area contributed by atoms with Crippen LogP contribution in [0.5, 0.6) is 0 Å². The van der Waals surface area contributed by atoms with E-state index in [9.17, 15) is 9.59 Å². The number of likely N-dealkylation sites (tertiary alicyclic amines) is 1. The van der Waals surface area contributed by atoms with Crippen molar-refractivity contribution >= 4 is 23.7 Å². The molecule has 7 nitrogen and oxygen atoms in total. The van der Waals surface area contributed by atoms with Gasteiger partial charge in [-0.1, -0.05) is 11.6 Å². The van der Waals surface area contributed by atoms with Crippen LogP contribution in [0, 0.1) is 5.92 Å². The molecule has 0 aromatic carbocycles. The quantitative estimate of drug-likeness (QED) is 0.923. The lowest BCUT2D eigenvalue weighted by Gasteiger charge is -2.39. The van der Waals surface area contributed by atoms with Crippen molar-refractivity contribution in [1.29, 1.82) is 0 Å². The molecule has 1 N–H and O–H groups in total. The highest BCUT2D eigenvalue weighted by Crippen LogP contribution is 2.23. The zero-order chi connectivity index (χ0) is 15.8. The summed E-state index contributed by atoms with van der Waals surface area (Å²) >= 11 is 5.79. The van der Waals surface area contributed by atoms with Gasteiger partial charge in [-0.15, -0.1) is 0 Å². The number of aromatic nitrogens is 2. The molecule has 1 aromatic rings. The Morgan fingerprint density at radius 1 is 1.48 bits per heavy atom. The van der Waals surface area contributed by atoms with E-state index in [-0.39, 0.29) is 22.7 Å². The van der Waals surface area contributed by atoms with Crippen LogP contribution >= 0.6 is 11.6 Å². The maximum atomic E-state index is 11.8. The molecular formula is C13H18ClN3O4. The summed E-state index contributed by atoms with van der Waals surface area (Å²) in [5.41, 5.74) is -0.541. The summed E-state index contributed by atoms with van der Waals surface area (Å²) in [6.45, 7) is 6.89. The van der Waals surface area contributed by atoms with Gasteiger partial charge in [-0.25, -0.2) is 9.59 Å². The minimum absolute atomic E-state index is 0.0209. The second kappa shape index (κ2) is 5.55. The summed E-state index contributed by atoms with van der Waals surface area (Å²) in [6.07, 6.45) is 0.964. The normalized spacial score (nSPS) is 15.7. The number of hydrogen-bond donors (Lipinski definition) is 1. The maximum absolute atomic E-state index is 11.8. The van der Waals surface area contributed by atoms with Crippen molar-refractivity contribution in [2.24, 2.45) is 5.92 Å². The van der Waals surface area contributed by atoms with Gasteiger partial charge in [0.25, 0.3) is 0 Å². The molecule has 0 spiro atoms. The summed E-state index contributed by atoms with van der Waals surface area (Å²) in [7, 11) is 0. The van der Waals surface area contributed by atoms with E-state index in [1.54, 1.807) is 4.90 Å². The Morgan fingerprint density at radius 3 is 2.62 bits per heavy atom. The van der Waals surface area contributed by atoms with E-state index in [0.717, 1.165) is 0 Å². The van der Waals surface area contributed by atoms with E-state index >= 15 is 0 Å². The Kier molecular flexibility index (Phi) is 4.13. The highest BCUT2D eigenvalue weighted by molar-refractivity contribution is 6.33. The summed E-state index contributed by atoms with van der Waals surface area (Å²) in [4.78, 5) is 24.5. The molecule has 21 heavy (non-hydrogen) atoms. The van der Waals surface area contributed by atoms with Gasteiger partial charge in [-0.2, -0.15) is 5.10 Å². The monoisotopic (exact) mass is 315 g/mol. The molecule has 0 aliphatic carbocycles. The fourth-order valence-corrected chi connectivity index (χ4v) is 2.34. The van der Waals surface area contributed by atoms with Crippen LogP contribution in [0.25, 0.3) is 0 Å². The maximum Gasteiger partial charge on any atom is 0.410 e. The van der Waals surface area contributed by atoms with Crippen LogP contribution in [0.3, 0.4) is 0 Å². The SMILES string of the molecule is CC(C)(C)OC(=O)N1CC(Cn2ncc(Cl)c2C(=O)O)C1. The smallest absolute Gasteiger partial charge is 0.410 e. The molecule has 0 saturated carbocycles. The number of carbonyl (C=O) groups excluding carboxylic acids is 1. The van der Waals surface area contributed by atoms with Crippen molar-refractivity contribution in [1.82, 2.24) is 14.7 Å². The molecule has 1 aliphatic heterocycles. The first-order chi connectivity index (χ1) is 9.67. The fraction of sp³-hybridized carbons (Fsp3) is 0.615. The molecule has 1 amide bonds. The van der Waals surface area contributed by atoms with Crippen LogP contribution in [-0.2, 0) is 11.3 Å². The molecule has 116 valence electrons.